The van der Waals surface area contributed by atoms with Crippen molar-refractivity contribution in [2.75, 3.05) is 6.61 Å². The molecule has 202 valence electrons. The van der Waals surface area contributed by atoms with Gasteiger partial charge in [0.2, 0.25) is 0 Å². The molecule has 1 aromatic heterocycles. The van der Waals surface area contributed by atoms with Gasteiger partial charge in [0.1, 0.15) is 6.10 Å². The molecule has 0 unspecified atom stereocenters. The van der Waals surface area contributed by atoms with Crippen LogP contribution >= 0.6 is 27.3 Å². The van der Waals surface area contributed by atoms with Crippen LogP contribution in [-0.4, -0.2) is 57.4 Å². The van der Waals surface area contributed by atoms with Gasteiger partial charge in [-0.1, -0.05) is 42.5 Å². The zero-order valence-corrected chi connectivity index (χ0v) is 23.3. The van der Waals surface area contributed by atoms with Crippen LogP contribution in [0.25, 0.3) is 0 Å². The maximum atomic E-state index is 12.2. The van der Waals surface area contributed by atoms with Crippen molar-refractivity contribution >= 4 is 33.2 Å². The smallest absolute Gasteiger partial charge is 0.338 e. The summed E-state index contributed by atoms with van der Waals surface area (Å²) in [7, 11) is 0. The van der Waals surface area contributed by atoms with Gasteiger partial charge >= 0.3 is 5.97 Å². The van der Waals surface area contributed by atoms with E-state index in [2.05, 4.69) is 15.9 Å². The average molecular weight is 594 g/mol. The highest BCUT2D eigenvalue weighted by molar-refractivity contribution is 9.11. The van der Waals surface area contributed by atoms with Crippen LogP contribution in [0.5, 0.6) is 0 Å². The Bertz CT molecular complexity index is 1010. The van der Waals surface area contributed by atoms with Crippen LogP contribution in [0.4, 0.5) is 0 Å². The van der Waals surface area contributed by atoms with Gasteiger partial charge in [0.05, 0.1) is 34.3 Å². The van der Waals surface area contributed by atoms with Gasteiger partial charge in [0, 0.05) is 17.2 Å². The first kappa shape index (κ1) is 29.7. The molecule has 4 N–H and O–H groups in total. The Morgan fingerprint density at radius 2 is 1.89 bits per heavy atom. The highest BCUT2D eigenvalue weighted by Crippen LogP contribution is 2.36. The molecule has 1 fully saturated rings. The molecule has 6 nitrogen and oxygen atoms in total. The Labute approximate surface area is 231 Å². The lowest BCUT2D eigenvalue weighted by Gasteiger charge is -2.19. The van der Waals surface area contributed by atoms with Crippen molar-refractivity contribution in [2.45, 2.75) is 69.4 Å². The quantitative estimate of drug-likeness (QED) is 0.139. The molecule has 0 aliphatic heterocycles. The molecule has 6 atom stereocenters. The maximum absolute atomic E-state index is 12.2. The fourth-order valence-corrected chi connectivity index (χ4v) is 6.15. The van der Waals surface area contributed by atoms with E-state index in [0.717, 1.165) is 23.0 Å². The number of hydrogen-bond acceptors (Lipinski definition) is 7. The van der Waals surface area contributed by atoms with Crippen LogP contribution in [0, 0.1) is 11.8 Å². The lowest BCUT2D eigenvalue weighted by Crippen LogP contribution is -2.22. The monoisotopic (exact) mass is 592 g/mol. The van der Waals surface area contributed by atoms with Gasteiger partial charge in [0.15, 0.2) is 0 Å². The summed E-state index contributed by atoms with van der Waals surface area (Å²) in [6.45, 7) is -0.223. The minimum atomic E-state index is -0.630. The van der Waals surface area contributed by atoms with Crippen LogP contribution < -0.4 is 0 Å². The third-order valence-electron chi connectivity index (χ3n) is 6.75. The molecule has 0 bridgehead atoms. The van der Waals surface area contributed by atoms with Crippen molar-refractivity contribution in [3.63, 3.8) is 0 Å². The number of halogens is 1. The predicted octanol–water partition coefficient (Wildman–Crippen LogP) is 5.05. The minimum Gasteiger partial charge on any atom is -0.456 e. The zero-order chi connectivity index (χ0) is 26.6. The van der Waals surface area contributed by atoms with Crippen LogP contribution in [0.15, 0.2) is 70.6 Å². The van der Waals surface area contributed by atoms with E-state index in [-0.39, 0.29) is 18.4 Å². The first-order valence-electron chi connectivity index (χ1n) is 12.9. The first-order chi connectivity index (χ1) is 17.9. The topological polar surface area (TPSA) is 107 Å². The lowest BCUT2D eigenvalue weighted by atomic mass is 9.89. The number of carbonyl (C=O) groups excluding carboxylic acids is 1. The molecule has 0 spiro atoms. The maximum Gasteiger partial charge on any atom is 0.338 e. The van der Waals surface area contributed by atoms with E-state index in [1.165, 1.54) is 4.88 Å². The molecular weight excluding hydrogens is 556 g/mol. The molecule has 2 aromatic rings. The van der Waals surface area contributed by atoms with Crippen LogP contribution in [0.1, 0.15) is 53.8 Å². The summed E-state index contributed by atoms with van der Waals surface area (Å²) in [6.07, 6.45) is 9.68. The van der Waals surface area contributed by atoms with E-state index in [1.54, 1.807) is 41.7 Å². The molecule has 1 aliphatic carbocycles. The van der Waals surface area contributed by atoms with Gasteiger partial charge < -0.3 is 25.2 Å². The number of thiophene rings is 1. The van der Waals surface area contributed by atoms with Crippen molar-refractivity contribution in [3.05, 3.63) is 81.0 Å². The fourth-order valence-electron chi connectivity index (χ4n) is 4.65. The Morgan fingerprint density at radius 1 is 1.11 bits per heavy atom. The SMILES string of the molecule is O=C(O[C@@H](CO)CCC/C=C\C[C@@H]1[C@@H](/C=C/[C@@H](O)CCc2ccc(Br)s2)[C@H](O)C[C@@H]1O)c1ccccc1. The number of benzene rings is 1. The van der Waals surface area contributed by atoms with E-state index in [1.807, 2.05) is 36.4 Å². The molecule has 3 rings (SSSR count). The molecular formula is C29H37BrO6S. The fraction of sp³-hybridized carbons (Fsp3) is 0.483. The van der Waals surface area contributed by atoms with Gasteiger partial charge in [-0.05, 0) is 84.6 Å². The number of aliphatic hydroxyl groups excluding tert-OH is 4. The summed E-state index contributed by atoms with van der Waals surface area (Å²) in [5.74, 6) is -0.755. The Morgan fingerprint density at radius 3 is 2.59 bits per heavy atom. The Balaban J connectivity index is 1.40. The summed E-state index contributed by atoms with van der Waals surface area (Å²) in [5.41, 5.74) is 0.463. The summed E-state index contributed by atoms with van der Waals surface area (Å²) < 4.78 is 6.47. The number of aliphatic hydroxyl groups is 4. The number of rotatable bonds is 14. The molecule has 0 radical (unpaired) electrons. The van der Waals surface area contributed by atoms with Crippen molar-refractivity contribution in [3.8, 4) is 0 Å². The van der Waals surface area contributed by atoms with Crippen molar-refractivity contribution in [1.82, 2.24) is 0 Å². The molecule has 8 heteroatoms. The van der Waals surface area contributed by atoms with E-state index in [4.69, 9.17) is 4.74 Å². The molecule has 1 saturated carbocycles. The Hall–Kier alpha value is -1.81. The number of carbonyl (C=O) groups is 1. The molecule has 0 saturated heterocycles. The highest BCUT2D eigenvalue weighted by Gasteiger charge is 2.39. The summed E-state index contributed by atoms with van der Waals surface area (Å²) in [6, 6.07) is 12.8. The lowest BCUT2D eigenvalue weighted by molar-refractivity contribution is 0.0110. The number of hydrogen-bond donors (Lipinski definition) is 4. The summed E-state index contributed by atoms with van der Waals surface area (Å²) in [4.78, 5) is 13.4. The summed E-state index contributed by atoms with van der Waals surface area (Å²) >= 11 is 5.11. The van der Waals surface area contributed by atoms with Crippen LogP contribution in [-0.2, 0) is 11.2 Å². The molecule has 1 heterocycles. The second-order valence-corrected chi connectivity index (χ2v) is 12.1. The first-order valence-corrected chi connectivity index (χ1v) is 14.5. The average Bonchev–Trinajstić information content (AvgIpc) is 3.43. The molecule has 0 amide bonds. The van der Waals surface area contributed by atoms with Gasteiger partial charge in [-0.15, -0.1) is 11.3 Å². The second-order valence-electron chi connectivity index (χ2n) is 9.52. The third kappa shape index (κ3) is 9.78. The van der Waals surface area contributed by atoms with E-state index in [0.29, 0.717) is 31.2 Å². The van der Waals surface area contributed by atoms with E-state index in [9.17, 15) is 25.2 Å². The third-order valence-corrected chi connectivity index (χ3v) is 8.43. The van der Waals surface area contributed by atoms with Crippen LogP contribution in [0.2, 0.25) is 0 Å². The summed E-state index contributed by atoms with van der Waals surface area (Å²) in [5, 5.41) is 40.8. The normalized spacial score (nSPS) is 23.6. The number of esters is 1. The number of ether oxygens (including phenoxy) is 1. The molecule has 1 aliphatic rings. The van der Waals surface area contributed by atoms with Gasteiger partial charge in [-0.25, -0.2) is 4.79 Å². The van der Waals surface area contributed by atoms with E-state index < -0.39 is 30.4 Å². The number of allylic oxidation sites excluding steroid dienone is 2. The standard InChI is InChI=1S/C29H37BrO6S/c30-28-17-15-23(37-28)14-12-21(32)13-16-25-24(26(33)18-27(25)34)11-7-2-1-6-10-22(19-31)36-29(35)20-8-4-3-5-9-20/h2-5,7-9,13,15-17,21-22,24-27,31-34H,1,6,10-12,14,18-19H2/b7-2-,16-13+/t21-,22+,24+,25+,26-,27+/m0/s1. The van der Waals surface area contributed by atoms with Crippen molar-refractivity contribution in [1.29, 1.82) is 0 Å². The van der Waals surface area contributed by atoms with Gasteiger partial charge in [0.25, 0.3) is 0 Å². The zero-order valence-electron chi connectivity index (χ0n) is 20.9. The molecule has 37 heavy (non-hydrogen) atoms. The number of aryl methyl sites for hydroxylation is 1. The van der Waals surface area contributed by atoms with Crippen molar-refractivity contribution < 1.29 is 30.0 Å². The van der Waals surface area contributed by atoms with E-state index >= 15 is 0 Å². The van der Waals surface area contributed by atoms with Crippen molar-refractivity contribution in [2.24, 2.45) is 11.8 Å². The second kappa shape index (κ2) is 15.6. The number of unbranched alkanes of at least 4 members (excludes halogenated alkanes) is 1. The minimum absolute atomic E-state index is 0.111. The highest BCUT2D eigenvalue weighted by atomic mass is 79.9. The largest absolute Gasteiger partial charge is 0.456 e. The molecule has 1 aromatic carbocycles. The van der Waals surface area contributed by atoms with Gasteiger partial charge in [-0.3, -0.25) is 0 Å². The predicted molar refractivity (Wildman–Crippen MR) is 149 cm³/mol. The Kier molecular flexibility index (Phi) is 12.5. The van der Waals surface area contributed by atoms with Crippen LogP contribution in [0.3, 0.4) is 0 Å². The van der Waals surface area contributed by atoms with Gasteiger partial charge in [-0.2, -0.15) is 0 Å².